The highest BCUT2D eigenvalue weighted by atomic mass is 16.8. The Morgan fingerprint density at radius 1 is 0.848 bits per heavy atom. The smallest absolute Gasteiger partial charge is 0.309 e. The molecule has 18 atom stereocenters. The number of hydrogen-bond acceptors (Lipinski definition) is 11. The maximum Gasteiger partial charge on any atom is 0.309 e. The van der Waals surface area contributed by atoms with Crippen molar-refractivity contribution in [2.75, 3.05) is 6.54 Å². The summed E-state index contributed by atoms with van der Waals surface area (Å²) in [4.78, 5) is 53.7. The summed E-state index contributed by atoms with van der Waals surface area (Å²) < 4.78 is 34.5. The first-order valence-corrected chi connectivity index (χ1v) is 25.0. The highest BCUT2D eigenvalue weighted by Crippen LogP contribution is 2.54. The lowest BCUT2D eigenvalue weighted by molar-refractivity contribution is -0.398. The molecule has 2 unspecified atom stereocenters. The van der Waals surface area contributed by atoms with Crippen LogP contribution in [0.2, 0.25) is 0 Å². The minimum atomic E-state index is -1.50. The summed E-state index contributed by atoms with van der Waals surface area (Å²) in [6.45, 7) is 19.7. The van der Waals surface area contributed by atoms with Crippen LogP contribution in [-0.2, 0) is 49.3 Å². The first kappa shape index (κ1) is 52.1. The average molecular weight is 925 g/mol. The number of nitrogens with one attached hydrogen (secondary N) is 2. The summed E-state index contributed by atoms with van der Waals surface area (Å²) in [6.07, 6.45) is 6.16. The van der Waals surface area contributed by atoms with Gasteiger partial charge in [-0.1, -0.05) is 91.8 Å². The number of rotatable bonds is 16. The number of benzene rings is 1. The fourth-order valence-electron chi connectivity index (χ4n) is 11.9. The quantitative estimate of drug-likeness (QED) is 0.0873. The van der Waals surface area contributed by atoms with E-state index in [1.807, 2.05) is 78.8 Å². The third-order valence-corrected chi connectivity index (χ3v) is 16.5. The highest BCUT2D eigenvalue weighted by Gasteiger charge is 2.63. The zero-order valence-corrected chi connectivity index (χ0v) is 41.1. The summed E-state index contributed by atoms with van der Waals surface area (Å²) in [5.74, 6) is -8.19. The van der Waals surface area contributed by atoms with Crippen molar-refractivity contribution in [2.24, 2.45) is 41.4 Å². The van der Waals surface area contributed by atoms with Crippen LogP contribution in [0.25, 0.3) is 0 Å². The van der Waals surface area contributed by atoms with E-state index in [0.717, 1.165) is 12.0 Å². The van der Waals surface area contributed by atoms with Crippen molar-refractivity contribution in [1.82, 2.24) is 10.6 Å². The first-order valence-electron chi connectivity index (χ1n) is 25.0. The molecule has 14 heteroatoms. The summed E-state index contributed by atoms with van der Waals surface area (Å²) in [5.41, 5.74) is -0.817. The SMILES string of the molecule is CCC(C(=O)[C@@H](C)[C@@H](O)[C@H](C)[C@@H]1O[C@@H]([C@@H](CC)C(=O)O)CC[C@@H]1C)[C@H]1O[C@]2(C=CC(NC(=O)C(=O)NCCc3ccccc3)[C@]3(CC[C@@](C)([C@H]4CC[C@](O)(CC)[C@H](C)O4)O3)O2)[C@H](C)C[C@@H]1C. The molecule has 0 saturated carbocycles. The van der Waals surface area contributed by atoms with Crippen LogP contribution < -0.4 is 10.6 Å². The van der Waals surface area contributed by atoms with E-state index in [1.165, 1.54) is 0 Å². The van der Waals surface area contributed by atoms with E-state index in [2.05, 4.69) is 24.5 Å². The van der Waals surface area contributed by atoms with Crippen molar-refractivity contribution < 1.29 is 58.2 Å². The number of carboxylic acids is 1. The van der Waals surface area contributed by atoms with Gasteiger partial charge in [0.05, 0.1) is 53.7 Å². The number of ether oxygens (including phenoxy) is 5. The number of hydrogen-bond donors (Lipinski definition) is 5. The molecule has 2 spiro atoms. The predicted octanol–water partition coefficient (Wildman–Crippen LogP) is 6.67. The summed E-state index contributed by atoms with van der Waals surface area (Å²) in [5, 5.41) is 38.7. The third-order valence-electron chi connectivity index (χ3n) is 16.5. The van der Waals surface area contributed by atoms with Gasteiger partial charge < -0.3 is 49.6 Å². The number of carboxylic acid groups (broad SMARTS) is 1. The lowest BCUT2D eigenvalue weighted by Gasteiger charge is -2.55. The average Bonchev–Trinajstić information content (AvgIpc) is 3.64. The molecule has 14 nitrogen and oxygen atoms in total. The minimum absolute atomic E-state index is 0.0695. The van der Waals surface area contributed by atoms with E-state index in [-0.39, 0.29) is 30.1 Å². The van der Waals surface area contributed by atoms with Gasteiger partial charge in [-0.3, -0.25) is 19.2 Å². The normalized spacial score (nSPS) is 39.1. The molecule has 6 rings (SSSR count). The van der Waals surface area contributed by atoms with Crippen LogP contribution in [0.15, 0.2) is 42.5 Å². The Hall–Kier alpha value is -3.24. The molecular weight excluding hydrogens is 845 g/mol. The highest BCUT2D eigenvalue weighted by molar-refractivity contribution is 6.35. The fourth-order valence-corrected chi connectivity index (χ4v) is 11.9. The van der Waals surface area contributed by atoms with Crippen LogP contribution in [0.1, 0.15) is 139 Å². The van der Waals surface area contributed by atoms with Crippen LogP contribution in [0.5, 0.6) is 0 Å². The predicted molar refractivity (Wildman–Crippen MR) is 248 cm³/mol. The third kappa shape index (κ3) is 10.6. The van der Waals surface area contributed by atoms with Gasteiger partial charge in [-0.05, 0) is 102 Å². The first-order chi connectivity index (χ1) is 31.2. The van der Waals surface area contributed by atoms with E-state index < -0.39 is 107 Å². The summed E-state index contributed by atoms with van der Waals surface area (Å²) in [6, 6.07) is 8.80. The lowest BCUT2D eigenvalue weighted by Crippen LogP contribution is -2.66. The Labute approximate surface area is 392 Å². The Bertz CT molecular complexity index is 1880. The van der Waals surface area contributed by atoms with Crippen molar-refractivity contribution in [1.29, 1.82) is 0 Å². The van der Waals surface area contributed by atoms with Gasteiger partial charge in [-0.15, -0.1) is 0 Å². The number of carbonyl (C=O) groups is 4. The number of aliphatic hydroxyl groups excluding tert-OH is 1. The molecule has 1 aromatic carbocycles. The van der Waals surface area contributed by atoms with Crippen LogP contribution in [0.3, 0.4) is 0 Å². The van der Waals surface area contributed by atoms with Gasteiger partial charge in [-0.2, -0.15) is 0 Å². The summed E-state index contributed by atoms with van der Waals surface area (Å²) >= 11 is 0. The van der Waals surface area contributed by atoms with Crippen LogP contribution in [0, 0.1) is 41.4 Å². The van der Waals surface area contributed by atoms with Crippen LogP contribution in [0.4, 0.5) is 0 Å². The minimum Gasteiger partial charge on any atom is -0.481 e. The number of ketones is 1. The number of Topliss-reactive ketones (excluding diaryl/α,β-unsaturated/α-hetero) is 1. The Balaban J connectivity index is 1.23. The molecule has 4 saturated heterocycles. The zero-order valence-electron chi connectivity index (χ0n) is 41.1. The van der Waals surface area contributed by atoms with Crippen LogP contribution in [-0.4, -0.2) is 111 Å². The molecular formula is C52H80N2O12. The van der Waals surface area contributed by atoms with Crippen molar-refractivity contribution >= 4 is 23.6 Å². The van der Waals surface area contributed by atoms with Gasteiger partial charge >= 0.3 is 17.8 Å². The van der Waals surface area contributed by atoms with E-state index in [0.29, 0.717) is 64.2 Å². The van der Waals surface area contributed by atoms with Gasteiger partial charge in [0.25, 0.3) is 0 Å². The lowest BCUT2D eigenvalue weighted by atomic mass is 9.72. The van der Waals surface area contributed by atoms with Gasteiger partial charge in [0.1, 0.15) is 11.8 Å². The van der Waals surface area contributed by atoms with E-state index in [1.54, 1.807) is 19.1 Å². The molecule has 5 aliphatic heterocycles. The topological polar surface area (TPSA) is 199 Å². The Morgan fingerprint density at radius 2 is 1.55 bits per heavy atom. The van der Waals surface area contributed by atoms with Crippen molar-refractivity contribution in [3.63, 3.8) is 0 Å². The van der Waals surface area contributed by atoms with Gasteiger partial charge in [0, 0.05) is 36.6 Å². The molecule has 0 radical (unpaired) electrons. The molecule has 1 aromatic rings. The van der Waals surface area contributed by atoms with E-state index in [9.17, 15) is 34.5 Å². The molecule has 5 aliphatic rings. The molecule has 0 aliphatic carbocycles. The fraction of sp³-hybridized carbons (Fsp3) is 0.769. The van der Waals surface area contributed by atoms with Crippen molar-refractivity contribution in [3.8, 4) is 0 Å². The number of aliphatic hydroxyl groups is 2. The van der Waals surface area contributed by atoms with E-state index >= 15 is 0 Å². The largest absolute Gasteiger partial charge is 0.481 e. The molecule has 370 valence electrons. The second-order valence-electron chi connectivity index (χ2n) is 20.9. The molecule has 66 heavy (non-hydrogen) atoms. The number of aliphatic carboxylic acids is 1. The molecule has 0 bridgehead atoms. The van der Waals surface area contributed by atoms with Crippen molar-refractivity contribution in [3.05, 3.63) is 48.0 Å². The maximum absolute atomic E-state index is 14.7. The van der Waals surface area contributed by atoms with Crippen molar-refractivity contribution in [2.45, 2.75) is 205 Å². The van der Waals surface area contributed by atoms with Crippen LogP contribution >= 0.6 is 0 Å². The Kier molecular flexibility index (Phi) is 16.7. The second-order valence-corrected chi connectivity index (χ2v) is 20.9. The molecule has 4 fully saturated rings. The molecule has 5 heterocycles. The number of amides is 2. The maximum atomic E-state index is 14.7. The number of carbonyl (C=O) groups excluding carboxylic acids is 3. The molecule has 0 aromatic heterocycles. The van der Waals surface area contributed by atoms with Gasteiger partial charge in [-0.25, -0.2) is 0 Å². The summed E-state index contributed by atoms with van der Waals surface area (Å²) in [7, 11) is 0. The molecule has 2 amide bonds. The standard InChI is InChI=1S/C52H80N2O12/c1-11-37(48(59)60)39-20-19-30(4)44(63-39)34(8)42(55)33(7)43(56)38(12-2)45-31(5)29-32(6)51(64-45)25-21-40(54-47(58)46(57)53-28-23-36-17-15-14-16-18-36)52(66-51)27-26-49(10,65-52)41-22-24-50(61,13-3)35(9)62-41/h14-18,21,25,30-35,37-42,44-45,55,61H,11-13,19-20,22-24,26-29H2,1-10H3,(H,53,57)(H,54,58)(H,59,60)/t30-,31-,32+,33-,34-,35-,37+,38?,39+,40?,41+,42+,44+,45-,49-,50+,51-,52-/m0/s1. The molecule has 5 N–H and O–H groups in total. The van der Waals surface area contributed by atoms with Gasteiger partial charge in [0.2, 0.25) is 0 Å². The van der Waals surface area contributed by atoms with Gasteiger partial charge in [0.15, 0.2) is 11.6 Å². The Morgan fingerprint density at radius 3 is 2.18 bits per heavy atom. The van der Waals surface area contributed by atoms with E-state index in [4.69, 9.17) is 23.7 Å². The monoisotopic (exact) mass is 925 g/mol. The second kappa shape index (κ2) is 21.2. The zero-order chi connectivity index (χ0) is 48.4.